The van der Waals surface area contributed by atoms with E-state index >= 15 is 0 Å². The largest absolute Gasteiger partial charge is 0.489 e. The highest BCUT2D eigenvalue weighted by Gasteiger charge is 2.34. The molecule has 9 heteroatoms. The van der Waals surface area contributed by atoms with Gasteiger partial charge in [0.25, 0.3) is 10.1 Å². The van der Waals surface area contributed by atoms with Gasteiger partial charge in [-0.2, -0.15) is 8.42 Å². The normalized spacial score (nSPS) is 23.1. The lowest BCUT2D eigenvalue weighted by Gasteiger charge is -2.15. The van der Waals surface area contributed by atoms with Crippen molar-refractivity contribution in [3.8, 4) is 0 Å². The van der Waals surface area contributed by atoms with Gasteiger partial charge in [-0.05, 0) is 11.6 Å². The van der Waals surface area contributed by atoms with Crippen LogP contribution in [0.3, 0.4) is 0 Å². The van der Waals surface area contributed by atoms with Gasteiger partial charge in [-0.3, -0.25) is 9.47 Å². The van der Waals surface area contributed by atoms with E-state index < -0.39 is 30.0 Å². The highest BCUT2D eigenvalue weighted by Crippen LogP contribution is 2.23. The van der Waals surface area contributed by atoms with E-state index in [-0.39, 0.29) is 17.1 Å². The Morgan fingerprint density at radius 3 is 2.58 bits per heavy atom. The number of alkyl halides is 2. The van der Waals surface area contributed by atoms with Crippen molar-refractivity contribution in [2.24, 2.45) is 0 Å². The molecule has 0 spiro atoms. The Hall–Kier alpha value is -1.13. The summed E-state index contributed by atoms with van der Waals surface area (Å²) in [5.74, 6) is 0. The molecule has 0 saturated carbocycles. The number of hydrogen-bond donors (Lipinski definition) is 0. The summed E-state index contributed by atoms with van der Waals surface area (Å²) < 4.78 is 66.4. The van der Waals surface area contributed by atoms with Gasteiger partial charge in [0.15, 0.2) is 13.6 Å². The maximum Gasteiger partial charge on any atom is 0.489 e. The highest BCUT2D eigenvalue weighted by atomic mass is 32.2. The monoisotopic (exact) mass is 296 g/mol. The first-order chi connectivity index (χ1) is 8.91. The number of ether oxygens (including phenoxy) is 3. The number of fused-ring (bicyclic) bond motifs is 1. The molecule has 1 heterocycles. The molecule has 0 aromatic heterocycles. The molecular weight excluding hydrogens is 286 g/mol. The van der Waals surface area contributed by atoms with Gasteiger partial charge >= 0.3 is 6.29 Å². The fraction of sp³-hybridized carbons (Fsp3) is 0.400. The SMILES string of the molecule is O=S1(=O)OCOC(F)(F)OCOCc2ccccc21. The van der Waals surface area contributed by atoms with Crippen molar-refractivity contribution in [3.63, 3.8) is 0 Å². The molecule has 1 aliphatic heterocycles. The number of hydrogen-bond acceptors (Lipinski definition) is 6. The van der Waals surface area contributed by atoms with E-state index in [4.69, 9.17) is 4.74 Å². The van der Waals surface area contributed by atoms with Crippen molar-refractivity contribution in [1.29, 1.82) is 0 Å². The van der Waals surface area contributed by atoms with Crippen LogP contribution < -0.4 is 0 Å². The zero-order valence-corrected chi connectivity index (χ0v) is 10.4. The Morgan fingerprint density at radius 1 is 1.11 bits per heavy atom. The molecule has 2 rings (SSSR count). The van der Waals surface area contributed by atoms with Gasteiger partial charge in [-0.1, -0.05) is 18.2 Å². The zero-order valence-electron chi connectivity index (χ0n) is 9.54. The molecule has 1 aromatic rings. The van der Waals surface area contributed by atoms with Crippen LogP contribution in [0.5, 0.6) is 0 Å². The average Bonchev–Trinajstić information content (AvgIpc) is 2.35. The van der Waals surface area contributed by atoms with Crippen molar-refractivity contribution in [1.82, 2.24) is 0 Å². The third-order valence-corrected chi connectivity index (χ3v) is 3.58. The molecule has 0 unspecified atom stereocenters. The van der Waals surface area contributed by atoms with Gasteiger partial charge in [0.05, 0.1) is 11.5 Å². The van der Waals surface area contributed by atoms with E-state index in [2.05, 4.69) is 13.7 Å². The molecule has 6 nitrogen and oxygen atoms in total. The van der Waals surface area contributed by atoms with Gasteiger partial charge in [-0.25, -0.2) is 4.18 Å². The first-order valence-electron chi connectivity index (χ1n) is 5.11. The molecule has 0 bridgehead atoms. The smallest absolute Gasteiger partial charge is 0.350 e. The van der Waals surface area contributed by atoms with Crippen LogP contribution in [0.15, 0.2) is 29.2 Å². The molecule has 0 radical (unpaired) electrons. The van der Waals surface area contributed by atoms with Gasteiger partial charge in [-0.15, -0.1) is 8.78 Å². The zero-order chi connectivity index (χ0) is 13.9. The number of rotatable bonds is 0. The highest BCUT2D eigenvalue weighted by molar-refractivity contribution is 7.86. The van der Waals surface area contributed by atoms with Crippen LogP contribution in [0.2, 0.25) is 0 Å². The molecule has 0 N–H and O–H groups in total. The third-order valence-electron chi connectivity index (χ3n) is 2.24. The summed E-state index contributed by atoms with van der Waals surface area (Å²) in [6.45, 7) is -2.13. The molecule has 106 valence electrons. The molecule has 1 aromatic carbocycles. The van der Waals surface area contributed by atoms with E-state index in [0.29, 0.717) is 0 Å². The molecule has 0 saturated heterocycles. The first kappa shape index (κ1) is 14.3. The molecule has 1 aliphatic rings. The maximum atomic E-state index is 12.9. The van der Waals surface area contributed by atoms with Crippen molar-refractivity contribution < 1.29 is 35.6 Å². The van der Waals surface area contributed by atoms with Gasteiger partial charge < -0.3 is 4.74 Å². The standard InChI is InChI=1S/C10H10F2O6S/c11-10(12)16-6-15-5-8-3-1-2-4-9(8)19(13,14)18-7-17-10/h1-4H,5-7H2. The second kappa shape index (κ2) is 5.47. The summed E-state index contributed by atoms with van der Waals surface area (Å²) in [4.78, 5) is -0.163. The van der Waals surface area contributed by atoms with Crippen LogP contribution in [0.4, 0.5) is 8.78 Å². The molecule has 0 amide bonds. The quantitative estimate of drug-likeness (QED) is 0.674. The van der Waals surface area contributed by atoms with Gasteiger partial charge in [0.1, 0.15) is 0 Å². The van der Waals surface area contributed by atoms with Crippen molar-refractivity contribution in [3.05, 3.63) is 29.8 Å². The van der Waals surface area contributed by atoms with E-state index in [0.717, 1.165) is 0 Å². The van der Waals surface area contributed by atoms with Crippen LogP contribution in [-0.4, -0.2) is 28.3 Å². The molecule has 0 aliphatic carbocycles. The van der Waals surface area contributed by atoms with Crippen LogP contribution in [0, 0.1) is 0 Å². The average molecular weight is 296 g/mol. The van der Waals surface area contributed by atoms with Gasteiger partial charge in [0.2, 0.25) is 0 Å². The lowest BCUT2D eigenvalue weighted by molar-refractivity contribution is -0.420. The van der Waals surface area contributed by atoms with E-state index in [1.165, 1.54) is 18.2 Å². The summed E-state index contributed by atoms with van der Waals surface area (Å²) in [6, 6.07) is 5.83. The van der Waals surface area contributed by atoms with Gasteiger partial charge in [0, 0.05) is 0 Å². The summed E-state index contributed by atoms with van der Waals surface area (Å²) in [7, 11) is -4.20. The fourth-order valence-electron chi connectivity index (χ4n) is 1.39. The molecule has 19 heavy (non-hydrogen) atoms. The van der Waals surface area contributed by atoms with Crippen molar-refractivity contribution in [2.75, 3.05) is 13.6 Å². The second-order valence-corrected chi connectivity index (χ2v) is 5.10. The summed E-state index contributed by atoms with van der Waals surface area (Å²) in [6.07, 6.45) is -3.98. The second-order valence-electron chi connectivity index (χ2n) is 3.52. The molecule has 0 atom stereocenters. The number of halogens is 2. The predicted octanol–water partition coefficient (Wildman–Crippen LogP) is 1.42. The predicted molar refractivity (Wildman–Crippen MR) is 56.4 cm³/mol. The van der Waals surface area contributed by atoms with Crippen LogP contribution in [0.25, 0.3) is 0 Å². The fourth-order valence-corrected chi connectivity index (χ4v) is 2.39. The summed E-state index contributed by atoms with van der Waals surface area (Å²) in [5, 5.41) is 0. The van der Waals surface area contributed by atoms with Crippen LogP contribution in [0.1, 0.15) is 5.56 Å². The van der Waals surface area contributed by atoms with E-state index in [1.807, 2.05) is 0 Å². The maximum absolute atomic E-state index is 12.9. The lowest BCUT2D eigenvalue weighted by Crippen LogP contribution is -2.27. The van der Waals surface area contributed by atoms with Crippen molar-refractivity contribution >= 4 is 10.1 Å². The Labute approximate surface area is 108 Å². The van der Waals surface area contributed by atoms with E-state index in [1.54, 1.807) is 6.07 Å². The van der Waals surface area contributed by atoms with Crippen molar-refractivity contribution in [2.45, 2.75) is 17.8 Å². The van der Waals surface area contributed by atoms with Crippen LogP contribution >= 0.6 is 0 Å². The lowest BCUT2D eigenvalue weighted by atomic mass is 10.2. The summed E-state index contributed by atoms with van der Waals surface area (Å²) >= 11 is 0. The minimum absolute atomic E-state index is 0.163. The number of benzene rings is 1. The first-order valence-corrected chi connectivity index (χ1v) is 6.52. The Balaban J connectivity index is 2.30. The Kier molecular flexibility index (Phi) is 4.11. The Morgan fingerprint density at radius 2 is 1.79 bits per heavy atom. The molecular formula is C10H10F2O6S. The summed E-state index contributed by atoms with van der Waals surface area (Å²) in [5.41, 5.74) is 0.274. The third kappa shape index (κ3) is 3.67. The van der Waals surface area contributed by atoms with Crippen LogP contribution in [-0.2, 0) is 35.1 Å². The Bertz CT molecular complexity index is 545. The van der Waals surface area contributed by atoms with E-state index in [9.17, 15) is 17.2 Å². The minimum Gasteiger partial charge on any atom is -0.350 e. The minimum atomic E-state index is -4.20. The topological polar surface area (TPSA) is 71.1 Å². The molecule has 0 fully saturated rings.